The van der Waals surface area contributed by atoms with Gasteiger partial charge in [0.05, 0.1) is 23.9 Å². The monoisotopic (exact) mass is 824 g/mol. The summed E-state index contributed by atoms with van der Waals surface area (Å²) in [7, 11) is 0. The highest BCUT2D eigenvalue weighted by atomic mass is 16.8. The Kier molecular flexibility index (Phi) is 14.0. The first-order valence-electron chi connectivity index (χ1n) is 22.9. The summed E-state index contributed by atoms with van der Waals surface area (Å²) >= 11 is 0. The van der Waals surface area contributed by atoms with Crippen molar-refractivity contribution in [3.63, 3.8) is 0 Å². The second kappa shape index (κ2) is 19.1. The van der Waals surface area contributed by atoms with Crippen molar-refractivity contribution in [3.8, 4) is 0 Å². The van der Waals surface area contributed by atoms with Gasteiger partial charge >= 0.3 is 5.97 Å². The molecule has 10 heteroatoms. The molecule has 5 aliphatic rings. The lowest BCUT2D eigenvalue weighted by molar-refractivity contribution is -0.190. The van der Waals surface area contributed by atoms with Crippen LogP contribution in [0.25, 0.3) is 6.08 Å². The number of epoxide rings is 1. The standard InChI is InChI=1S/C50H68N2O8/c1-6-8-12-22-50(23-13-9-7-2)58-42-30-37(46(55)52-32-33-15-14-17-36(27-33)45(54)51-25-26-53)29-41(44(42)60-50)57-47(56)38-18-11-10-16-34(38)28-35-19-20-43-49(5,59-43)24-21-40-39(35)31-48(40,3)4/h10-11,14-18,27-28,30,39-44,53H,6-9,12-13,19-26,29,31-32H2,1-5H3,(H,51,54)(H,52,55). The van der Waals surface area contributed by atoms with Gasteiger partial charge in [-0.3, -0.25) is 9.59 Å². The largest absolute Gasteiger partial charge is 0.456 e. The summed E-state index contributed by atoms with van der Waals surface area (Å²) in [5.41, 5.74) is 4.69. The van der Waals surface area contributed by atoms with Crippen LogP contribution >= 0.6 is 0 Å². The summed E-state index contributed by atoms with van der Waals surface area (Å²) in [4.78, 5) is 41.0. The molecule has 2 amide bonds. The first kappa shape index (κ1) is 44.2. The van der Waals surface area contributed by atoms with Gasteiger partial charge in [-0.2, -0.15) is 0 Å². The fourth-order valence-corrected chi connectivity index (χ4v) is 10.4. The minimum absolute atomic E-state index is 0.00479. The van der Waals surface area contributed by atoms with Crippen LogP contribution in [-0.2, 0) is 30.3 Å². The molecule has 7 unspecified atom stereocenters. The van der Waals surface area contributed by atoms with Crippen molar-refractivity contribution in [1.29, 1.82) is 0 Å². The summed E-state index contributed by atoms with van der Waals surface area (Å²) in [5, 5.41) is 14.8. The Labute approximate surface area is 357 Å². The minimum Gasteiger partial charge on any atom is -0.456 e. The van der Waals surface area contributed by atoms with Crippen LogP contribution in [0.5, 0.6) is 0 Å². The number of unbranched alkanes of at least 4 members (excludes halogenated alkanes) is 4. The lowest BCUT2D eigenvalue weighted by Crippen LogP contribution is -2.45. The average molecular weight is 825 g/mol. The van der Waals surface area contributed by atoms with Crippen LogP contribution in [0.2, 0.25) is 0 Å². The molecular formula is C50H68N2O8. The molecule has 0 bridgehead atoms. The Bertz CT molecular complexity index is 1910. The highest BCUT2D eigenvalue weighted by Crippen LogP contribution is 2.60. The van der Waals surface area contributed by atoms with Crippen LogP contribution in [0, 0.1) is 17.3 Å². The lowest BCUT2D eigenvalue weighted by atomic mass is 9.52. The molecule has 2 aromatic carbocycles. The number of fused-ring (bicyclic) bond motifs is 3. The van der Waals surface area contributed by atoms with E-state index in [4.69, 9.17) is 24.1 Å². The van der Waals surface area contributed by atoms with Crippen molar-refractivity contribution in [2.45, 2.75) is 167 Å². The molecule has 10 nitrogen and oxygen atoms in total. The zero-order valence-corrected chi connectivity index (χ0v) is 36.6. The second-order valence-corrected chi connectivity index (χ2v) is 18.9. The van der Waals surface area contributed by atoms with Gasteiger partial charge in [0, 0.05) is 43.5 Å². The maximum Gasteiger partial charge on any atom is 0.339 e. The third-order valence-corrected chi connectivity index (χ3v) is 14.0. The molecule has 2 aromatic rings. The van der Waals surface area contributed by atoms with Crippen molar-refractivity contribution in [1.82, 2.24) is 10.6 Å². The van der Waals surface area contributed by atoms with Crippen LogP contribution in [-0.4, -0.2) is 71.8 Å². The van der Waals surface area contributed by atoms with E-state index in [0.717, 1.165) is 94.6 Å². The zero-order chi connectivity index (χ0) is 42.5. The number of nitrogens with one attached hydrogen (secondary N) is 2. The fraction of sp³-hybridized carbons (Fsp3) is 0.620. The van der Waals surface area contributed by atoms with E-state index in [2.05, 4.69) is 51.3 Å². The van der Waals surface area contributed by atoms with Gasteiger partial charge in [0.1, 0.15) is 18.3 Å². The van der Waals surface area contributed by atoms with Crippen molar-refractivity contribution >= 4 is 23.9 Å². The van der Waals surface area contributed by atoms with Gasteiger partial charge in [-0.1, -0.05) is 95.4 Å². The van der Waals surface area contributed by atoms with Gasteiger partial charge < -0.3 is 34.7 Å². The number of amides is 2. The molecule has 2 aliphatic heterocycles. The van der Waals surface area contributed by atoms with Crippen LogP contribution in [0.15, 0.2) is 65.8 Å². The van der Waals surface area contributed by atoms with Crippen molar-refractivity contribution < 1.29 is 38.4 Å². The Balaban J connectivity index is 1.13. The highest BCUT2D eigenvalue weighted by Gasteiger charge is 2.56. The van der Waals surface area contributed by atoms with Gasteiger partial charge in [-0.05, 0) is 105 Å². The Morgan fingerprint density at radius 1 is 0.900 bits per heavy atom. The molecule has 3 aliphatic carbocycles. The van der Waals surface area contributed by atoms with E-state index in [1.165, 1.54) is 5.57 Å². The quantitative estimate of drug-likeness (QED) is 0.0818. The van der Waals surface area contributed by atoms with Crippen molar-refractivity contribution in [2.24, 2.45) is 17.3 Å². The van der Waals surface area contributed by atoms with Gasteiger partial charge in [-0.15, -0.1) is 0 Å². The summed E-state index contributed by atoms with van der Waals surface area (Å²) < 4.78 is 26.5. The second-order valence-electron chi connectivity index (χ2n) is 18.9. The summed E-state index contributed by atoms with van der Waals surface area (Å²) in [6.45, 7) is 11.6. The van der Waals surface area contributed by atoms with E-state index >= 15 is 0 Å². The van der Waals surface area contributed by atoms with Crippen LogP contribution in [0.4, 0.5) is 0 Å². The SMILES string of the molecule is CCCCCC1(CCCCC)OC2C=C(C(=O)NCc3cccc(C(=O)NCCO)c3)CC(OC(=O)c3ccccc3C=C3CCC4OC4(C)CCC4C3CC4(C)C)C2O1. The van der Waals surface area contributed by atoms with E-state index in [1.807, 2.05) is 36.4 Å². The lowest BCUT2D eigenvalue weighted by Gasteiger charge is -2.53. The summed E-state index contributed by atoms with van der Waals surface area (Å²) in [6, 6.07) is 14.8. The summed E-state index contributed by atoms with van der Waals surface area (Å²) in [6.07, 6.45) is 15.7. The Morgan fingerprint density at radius 3 is 2.40 bits per heavy atom. The fourth-order valence-electron chi connectivity index (χ4n) is 10.4. The van der Waals surface area contributed by atoms with Crippen LogP contribution < -0.4 is 10.6 Å². The molecule has 60 heavy (non-hydrogen) atoms. The molecule has 4 fully saturated rings. The molecule has 7 atom stereocenters. The first-order valence-corrected chi connectivity index (χ1v) is 22.9. The average Bonchev–Trinajstić information content (AvgIpc) is 3.72. The summed E-state index contributed by atoms with van der Waals surface area (Å²) in [5.74, 6) is -0.781. The minimum atomic E-state index is -0.822. The molecule has 0 aromatic heterocycles. The molecule has 2 saturated carbocycles. The predicted molar refractivity (Wildman–Crippen MR) is 232 cm³/mol. The Morgan fingerprint density at radius 2 is 1.67 bits per heavy atom. The highest BCUT2D eigenvalue weighted by molar-refractivity contribution is 5.96. The van der Waals surface area contributed by atoms with E-state index in [-0.39, 0.29) is 48.9 Å². The number of hydrogen-bond acceptors (Lipinski definition) is 8. The molecular weight excluding hydrogens is 757 g/mol. The molecule has 2 heterocycles. The number of esters is 1. The van der Waals surface area contributed by atoms with E-state index in [1.54, 1.807) is 18.2 Å². The van der Waals surface area contributed by atoms with Gasteiger partial charge in [0.25, 0.3) is 5.91 Å². The number of aliphatic hydroxyl groups excluding tert-OH is 1. The third kappa shape index (κ3) is 10.1. The number of ether oxygens (including phenoxy) is 4. The van der Waals surface area contributed by atoms with Crippen LogP contribution in [0.3, 0.4) is 0 Å². The predicted octanol–water partition coefficient (Wildman–Crippen LogP) is 9.00. The number of hydrogen-bond donors (Lipinski definition) is 3. The van der Waals surface area contributed by atoms with Crippen molar-refractivity contribution in [2.75, 3.05) is 13.2 Å². The number of rotatable bonds is 17. The molecule has 2 saturated heterocycles. The van der Waals surface area contributed by atoms with E-state index in [0.29, 0.717) is 34.6 Å². The maximum atomic E-state index is 14.5. The van der Waals surface area contributed by atoms with Crippen molar-refractivity contribution in [3.05, 3.63) is 88.0 Å². The smallest absolute Gasteiger partial charge is 0.339 e. The third-order valence-electron chi connectivity index (χ3n) is 14.0. The number of benzene rings is 2. The van der Waals surface area contributed by atoms with Gasteiger partial charge in [0.2, 0.25) is 5.91 Å². The van der Waals surface area contributed by atoms with Gasteiger partial charge in [0.15, 0.2) is 5.79 Å². The number of aliphatic hydroxyl groups is 1. The topological polar surface area (TPSA) is 136 Å². The molecule has 3 N–H and O–H groups in total. The number of carbonyl (C=O) groups is 3. The molecule has 326 valence electrons. The zero-order valence-electron chi connectivity index (χ0n) is 36.6. The molecule has 0 radical (unpaired) electrons. The number of allylic oxidation sites excluding steroid dienone is 1. The van der Waals surface area contributed by atoms with E-state index in [9.17, 15) is 14.4 Å². The molecule has 0 spiro atoms. The van der Waals surface area contributed by atoms with E-state index < -0.39 is 30.1 Å². The first-order chi connectivity index (χ1) is 28.9. The maximum absolute atomic E-state index is 14.5. The Hall–Kier alpha value is -3.83. The molecule has 7 rings (SSSR count). The normalized spacial score (nSPS) is 29.3. The number of carbonyl (C=O) groups excluding carboxylic acids is 3. The van der Waals surface area contributed by atoms with Gasteiger partial charge in [-0.25, -0.2) is 4.79 Å². The van der Waals surface area contributed by atoms with Crippen LogP contribution in [0.1, 0.15) is 156 Å².